The van der Waals surface area contributed by atoms with Gasteiger partial charge >= 0.3 is 0 Å². The number of nitrogens with one attached hydrogen (secondary N) is 1. The Labute approximate surface area is 211 Å². The maximum atomic E-state index is 10.1. The number of benzene rings is 2. The number of phenolic OH excluding ortho intramolecular Hbond substituents is 1. The van der Waals surface area contributed by atoms with E-state index in [2.05, 4.69) is 37.1 Å². The first-order valence-corrected chi connectivity index (χ1v) is 12.4. The first-order valence-electron chi connectivity index (χ1n) is 11.2. The van der Waals surface area contributed by atoms with Crippen LogP contribution in [-0.4, -0.2) is 27.6 Å². The molecule has 1 saturated heterocycles. The van der Waals surface area contributed by atoms with Gasteiger partial charge in [-0.2, -0.15) is 0 Å². The van der Waals surface area contributed by atoms with Gasteiger partial charge in [0.25, 0.3) is 0 Å². The Balaban J connectivity index is 1.74. The fourth-order valence-corrected chi connectivity index (χ4v) is 5.49. The monoisotopic (exact) mass is 501 g/mol. The number of phenols is 1. The van der Waals surface area contributed by atoms with E-state index in [4.69, 9.17) is 40.4 Å². The minimum atomic E-state index is -0.319. The van der Waals surface area contributed by atoms with Crippen LogP contribution < -0.4 is 10.2 Å². The second-order valence-corrected chi connectivity index (χ2v) is 11.1. The zero-order chi connectivity index (χ0) is 23.8. The van der Waals surface area contributed by atoms with Gasteiger partial charge in [0.1, 0.15) is 17.1 Å². The first kappa shape index (κ1) is 24.1. The topological polar surface area (TPSA) is 47.9 Å². The van der Waals surface area contributed by atoms with Crippen molar-refractivity contribution in [2.45, 2.75) is 58.0 Å². The summed E-state index contributed by atoms with van der Waals surface area (Å²) in [4.78, 5) is 7.40. The van der Waals surface area contributed by atoms with E-state index in [1.165, 1.54) is 0 Å². The maximum absolute atomic E-state index is 10.1. The molecule has 0 bridgehead atoms. The molecule has 0 amide bonds. The SMILES string of the molecule is CC(C)(C)[C@H](/C=C/c1ccc(Cl)cc1Cl)N=C1NC(=S)N(c2cccc(O)c2)C12CCCC2. The molecule has 7 heteroatoms. The number of aromatic hydroxyl groups is 1. The van der Waals surface area contributed by atoms with Crippen LogP contribution in [0.25, 0.3) is 6.08 Å². The van der Waals surface area contributed by atoms with Gasteiger partial charge in [0.05, 0.1) is 6.04 Å². The van der Waals surface area contributed by atoms with E-state index in [0.29, 0.717) is 15.2 Å². The zero-order valence-electron chi connectivity index (χ0n) is 19.1. The molecule has 1 saturated carbocycles. The summed E-state index contributed by atoms with van der Waals surface area (Å²) in [6, 6.07) is 12.7. The Bertz CT molecular complexity index is 1120. The number of anilines is 1. The number of nitrogens with zero attached hydrogens (tertiary/aromatic N) is 2. The van der Waals surface area contributed by atoms with E-state index in [0.717, 1.165) is 42.8 Å². The molecular weight excluding hydrogens is 473 g/mol. The van der Waals surface area contributed by atoms with Crippen LogP contribution in [-0.2, 0) is 0 Å². The van der Waals surface area contributed by atoms with Crippen LogP contribution in [0.4, 0.5) is 5.69 Å². The van der Waals surface area contributed by atoms with E-state index in [1.807, 2.05) is 30.3 Å². The third kappa shape index (κ3) is 4.91. The van der Waals surface area contributed by atoms with Gasteiger partial charge in [-0.15, -0.1) is 0 Å². The van der Waals surface area contributed by atoms with Crippen molar-refractivity contribution in [2.75, 3.05) is 4.90 Å². The summed E-state index contributed by atoms with van der Waals surface area (Å²) in [6.07, 6.45) is 8.24. The lowest BCUT2D eigenvalue weighted by molar-refractivity contribution is 0.366. The van der Waals surface area contributed by atoms with Gasteiger partial charge in [-0.3, -0.25) is 4.99 Å². The van der Waals surface area contributed by atoms with Gasteiger partial charge in [0.2, 0.25) is 0 Å². The van der Waals surface area contributed by atoms with E-state index in [9.17, 15) is 5.11 Å². The number of rotatable bonds is 4. The van der Waals surface area contributed by atoms with E-state index < -0.39 is 0 Å². The third-order valence-corrected chi connectivity index (χ3v) is 7.24. The Morgan fingerprint density at radius 2 is 1.88 bits per heavy atom. The minimum absolute atomic E-state index is 0.101. The van der Waals surface area contributed by atoms with E-state index >= 15 is 0 Å². The predicted molar refractivity (Wildman–Crippen MR) is 144 cm³/mol. The smallest absolute Gasteiger partial charge is 0.179 e. The average Bonchev–Trinajstić information content (AvgIpc) is 3.31. The van der Waals surface area contributed by atoms with Crippen LogP contribution in [0.2, 0.25) is 10.0 Å². The number of halogens is 2. The standard InChI is InChI=1S/C26H29Cl2N3OS/c1-25(2,3)22(12-10-17-9-11-18(27)15-21(17)28)29-23-26(13-4-5-14-26)31(24(33)30-23)19-7-6-8-20(32)16-19/h6-12,15-16,22,32H,4-5,13-14H2,1-3H3,(H,29,30,33)/b12-10+/t22-/m0/s1. The summed E-state index contributed by atoms with van der Waals surface area (Å²) < 4.78 is 0. The van der Waals surface area contributed by atoms with Crippen LogP contribution in [0.3, 0.4) is 0 Å². The molecule has 4 rings (SSSR count). The number of hydrogen-bond donors (Lipinski definition) is 2. The second kappa shape index (κ2) is 9.28. The largest absolute Gasteiger partial charge is 0.508 e. The maximum Gasteiger partial charge on any atom is 0.179 e. The van der Waals surface area contributed by atoms with Crippen molar-refractivity contribution in [1.29, 1.82) is 0 Å². The van der Waals surface area contributed by atoms with Crippen molar-refractivity contribution in [2.24, 2.45) is 10.4 Å². The summed E-state index contributed by atoms with van der Waals surface area (Å²) in [5, 5.41) is 15.4. The molecule has 1 spiro atoms. The van der Waals surface area contributed by atoms with Crippen molar-refractivity contribution < 1.29 is 5.11 Å². The van der Waals surface area contributed by atoms with Crippen molar-refractivity contribution >= 4 is 58.1 Å². The molecule has 0 unspecified atom stereocenters. The lowest BCUT2D eigenvalue weighted by Crippen LogP contribution is -2.48. The Hall–Kier alpha value is -2.08. The van der Waals surface area contributed by atoms with Gasteiger partial charge in [0.15, 0.2) is 5.11 Å². The molecule has 1 aliphatic heterocycles. The quantitative estimate of drug-likeness (QED) is 0.433. The lowest BCUT2D eigenvalue weighted by atomic mass is 9.86. The molecule has 4 nitrogen and oxygen atoms in total. The molecule has 2 aliphatic rings. The normalized spacial score (nSPS) is 20.2. The summed E-state index contributed by atoms with van der Waals surface area (Å²) in [5.74, 6) is 1.13. The molecule has 0 aromatic heterocycles. The van der Waals surface area contributed by atoms with Crippen LogP contribution >= 0.6 is 35.4 Å². The second-order valence-electron chi connectivity index (χ2n) is 9.84. The van der Waals surface area contributed by atoms with Crippen LogP contribution in [0.15, 0.2) is 53.5 Å². The molecule has 2 N–H and O–H groups in total. The highest BCUT2D eigenvalue weighted by atomic mass is 35.5. The Morgan fingerprint density at radius 1 is 1.15 bits per heavy atom. The minimum Gasteiger partial charge on any atom is -0.508 e. The Morgan fingerprint density at radius 3 is 2.52 bits per heavy atom. The molecule has 2 aromatic carbocycles. The molecule has 0 radical (unpaired) electrons. The van der Waals surface area contributed by atoms with Crippen molar-refractivity contribution in [3.63, 3.8) is 0 Å². The summed E-state index contributed by atoms with van der Waals surface area (Å²) in [5.41, 5.74) is 1.35. The van der Waals surface area contributed by atoms with Gasteiger partial charge < -0.3 is 15.3 Å². The van der Waals surface area contributed by atoms with Gasteiger partial charge in [-0.1, -0.05) is 81.1 Å². The van der Waals surface area contributed by atoms with E-state index in [1.54, 1.807) is 18.2 Å². The van der Waals surface area contributed by atoms with Crippen molar-refractivity contribution in [1.82, 2.24) is 5.32 Å². The zero-order valence-corrected chi connectivity index (χ0v) is 21.4. The highest BCUT2D eigenvalue weighted by Gasteiger charge is 2.51. The molecule has 2 aromatic rings. The highest BCUT2D eigenvalue weighted by Crippen LogP contribution is 2.43. The molecule has 174 valence electrons. The number of amidine groups is 1. The number of thiocarbonyl (C=S) groups is 1. The highest BCUT2D eigenvalue weighted by molar-refractivity contribution is 7.80. The molecular formula is C26H29Cl2N3OS. The first-order chi connectivity index (χ1) is 15.6. The summed E-state index contributed by atoms with van der Waals surface area (Å²) in [7, 11) is 0. The third-order valence-electron chi connectivity index (χ3n) is 6.39. The summed E-state index contributed by atoms with van der Waals surface area (Å²) in [6.45, 7) is 6.53. The lowest BCUT2D eigenvalue weighted by Gasteiger charge is -2.35. The molecule has 33 heavy (non-hydrogen) atoms. The van der Waals surface area contributed by atoms with Gasteiger partial charge in [-0.25, -0.2) is 0 Å². The fraction of sp³-hybridized carbons (Fsp3) is 0.385. The molecule has 1 heterocycles. The summed E-state index contributed by atoms with van der Waals surface area (Å²) >= 11 is 18.2. The average molecular weight is 503 g/mol. The van der Waals surface area contributed by atoms with E-state index in [-0.39, 0.29) is 22.7 Å². The predicted octanol–water partition coefficient (Wildman–Crippen LogP) is 7.23. The van der Waals surface area contributed by atoms with Crippen LogP contribution in [0.1, 0.15) is 52.0 Å². The van der Waals surface area contributed by atoms with Crippen LogP contribution in [0, 0.1) is 5.41 Å². The molecule has 1 aliphatic carbocycles. The number of hydrogen-bond acceptors (Lipinski definition) is 3. The molecule has 1 atom stereocenters. The van der Waals surface area contributed by atoms with Crippen molar-refractivity contribution in [3.05, 3.63) is 64.1 Å². The van der Waals surface area contributed by atoms with Gasteiger partial charge in [-0.05, 0) is 60.3 Å². The molecule has 2 fully saturated rings. The van der Waals surface area contributed by atoms with Crippen molar-refractivity contribution in [3.8, 4) is 5.75 Å². The van der Waals surface area contributed by atoms with Gasteiger partial charge in [0, 0.05) is 21.8 Å². The van der Waals surface area contributed by atoms with Crippen LogP contribution in [0.5, 0.6) is 5.75 Å². The Kier molecular flexibility index (Phi) is 6.77. The fourth-order valence-electron chi connectivity index (χ4n) is 4.64. The number of aliphatic imine (C=N–C) groups is 1.